The number of rotatable bonds is 6. The van der Waals surface area contributed by atoms with Crippen molar-refractivity contribution in [2.75, 3.05) is 11.3 Å². The Kier molecular flexibility index (Phi) is 5.38. The van der Waals surface area contributed by atoms with Crippen molar-refractivity contribution in [1.82, 2.24) is 9.97 Å². The summed E-state index contributed by atoms with van der Waals surface area (Å²) in [5.41, 5.74) is 1.20. The van der Waals surface area contributed by atoms with Gasteiger partial charge in [0.2, 0.25) is 10.0 Å². The number of hydrogen-bond acceptors (Lipinski definition) is 6. The molecule has 0 spiro atoms. The molecule has 0 saturated heterocycles. The first-order chi connectivity index (χ1) is 14.9. The van der Waals surface area contributed by atoms with Crippen LogP contribution in [-0.2, 0) is 20.5 Å². The van der Waals surface area contributed by atoms with E-state index in [2.05, 4.69) is 14.7 Å². The molecule has 31 heavy (non-hydrogen) atoms. The summed E-state index contributed by atoms with van der Waals surface area (Å²) < 4.78 is 37.7. The van der Waals surface area contributed by atoms with E-state index in [1.165, 1.54) is 6.20 Å². The lowest BCUT2D eigenvalue weighted by molar-refractivity contribution is 0.105. The van der Waals surface area contributed by atoms with Crippen LogP contribution in [0.2, 0.25) is 0 Å². The van der Waals surface area contributed by atoms with Gasteiger partial charge in [0.1, 0.15) is 5.52 Å². The monoisotopic (exact) mass is 441 g/mol. The molecule has 0 bridgehead atoms. The van der Waals surface area contributed by atoms with Gasteiger partial charge in [0.05, 0.1) is 17.7 Å². The van der Waals surface area contributed by atoms with Gasteiger partial charge in [0, 0.05) is 22.8 Å². The Balaban J connectivity index is 1.74. The number of ether oxygens (including phenoxy) is 2. The van der Waals surface area contributed by atoms with Crippen LogP contribution in [0.3, 0.4) is 0 Å². The van der Waals surface area contributed by atoms with Gasteiger partial charge in [-0.3, -0.25) is 9.52 Å². The predicted octanol–water partition coefficient (Wildman–Crippen LogP) is 3.49. The molecule has 0 saturated carbocycles. The molecule has 3 N–H and O–H groups in total. The van der Waals surface area contributed by atoms with Gasteiger partial charge < -0.3 is 19.4 Å². The molecule has 2 aromatic carbocycles. The molecule has 4 aromatic rings. The van der Waals surface area contributed by atoms with Gasteiger partial charge in [-0.2, -0.15) is 0 Å². The fraction of sp³-hybridized carbons (Fsp3) is 0.143. The minimum absolute atomic E-state index is 0.105. The first-order valence-electron chi connectivity index (χ1n) is 9.42. The van der Waals surface area contributed by atoms with Crippen molar-refractivity contribution in [1.29, 1.82) is 0 Å². The van der Waals surface area contributed by atoms with Crippen molar-refractivity contribution in [2.45, 2.75) is 12.7 Å². The number of aromatic nitrogens is 2. The van der Waals surface area contributed by atoms with Gasteiger partial charge in [-0.05, 0) is 30.7 Å². The fourth-order valence-corrected chi connectivity index (χ4v) is 4.48. The van der Waals surface area contributed by atoms with Crippen molar-refractivity contribution in [3.63, 3.8) is 0 Å². The maximum absolute atomic E-state index is 12.6. The van der Waals surface area contributed by atoms with E-state index >= 15 is 0 Å². The largest absolute Gasteiger partial charge is 0.513 e. The normalized spacial score (nSPS) is 11.5. The van der Waals surface area contributed by atoms with E-state index < -0.39 is 21.7 Å². The third-order valence-corrected chi connectivity index (χ3v) is 5.80. The molecule has 0 aliphatic heterocycles. The lowest BCUT2D eigenvalue weighted by Gasteiger charge is -2.10. The maximum atomic E-state index is 12.6. The molecule has 160 valence electrons. The lowest BCUT2D eigenvalue weighted by Crippen LogP contribution is -2.15. The van der Waals surface area contributed by atoms with Crippen LogP contribution in [0.5, 0.6) is 5.75 Å². The SMILES string of the molecule is CCOC(=O)Oc1c[nH]c2c(=O)[nH]c3ccc(NS(=O)(=O)Cc4ccccc4)cc3c12. The van der Waals surface area contributed by atoms with Crippen LogP contribution in [0.1, 0.15) is 12.5 Å². The second-order valence-electron chi connectivity index (χ2n) is 6.75. The van der Waals surface area contributed by atoms with Gasteiger partial charge in [-0.25, -0.2) is 13.2 Å². The molecular weight excluding hydrogens is 422 g/mol. The van der Waals surface area contributed by atoms with E-state index in [0.717, 1.165) is 0 Å². The van der Waals surface area contributed by atoms with Gasteiger partial charge in [0.15, 0.2) is 5.75 Å². The van der Waals surface area contributed by atoms with Crippen molar-refractivity contribution < 1.29 is 22.7 Å². The molecule has 0 atom stereocenters. The van der Waals surface area contributed by atoms with Crippen LogP contribution in [0, 0.1) is 0 Å². The first kappa shape index (κ1) is 20.5. The van der Waals surface area contributed by atoms with E-state index in [-0.39, 0.29) is 23.6 Å². The topological polar surface area (TPSA) is 130 Å². The number of benzene rings is 2. The maximum Gasteiger partial charge on any atom is 0.513 e. The molecule has 2 aromatic heterocycles. The highest BCUT2D eigenvalue weighted by Gasteiger charge is 2.18. The van der Waals surface area contributed by atoms with Crippen molar-refractivity contribution in [2.24, 2.45) is 0 Å². The Morgan fingerprint density at radius 3 is 2.65 bits per heavy atom. The Morgan fingerprint density at radius 1 is 1.13 bits per heavy atom. The number of sulfonamides is 1. The number of pyridine rings is 1. The number of aromatic amines is 2. The molecule has 4 rings (SSSR count). The number of carbonyl (C=O) groups is 1. The smallest absolute Gasteiger partial charge is 0.434 e. The second kappa shape index (κ2) is 8.15. The molecule has 2 heterocycles. The Bertz CT molecular complexity index is 1420. The van der Waals surface area contributed by atoms with Crippen molar-refractivity contribution >= 4 is 43.7 Å². The molecule has 9 nitrogen and oxygen atoms in total. The zero-order valence-corrected chi connectivity index (χ0v) is 17.3. The number of anilines is 1. The van der Waals surface area contributed by atoms with Gasteiger partial charge in [-0.15, -0.1) is 0 Å². The summed E-state index contributed by atoms with van der Waals surface area (Å²) in [5.74, 6) is -0.0808. The number of fused-ring (bicyclic) bond motifs is 3. The van der Waals surface area contributed by atoms with Crippen LogP contribution >= 0.6 is 0 Å². The van der Waals surface area contributed by atoms with E-state index in [0.29, 0.717) is 27.5 Å². The Labute approximate surface area is 177 Å². The number of H-pyrrole nitrogens is 2. The summed E-state index contributed by atoms with van der Waals surface area (Å²) in [6.07, 6.45) is 0.472. The molecular formula is C21H19N3O6S. The highest BCUT2D eigenvalue weighted by Crippen LogP contribution is 2.32. The highest BCUT2D eigenvalue weighted by molar-refractivity contribution is 7.91. The van der Waals surface area contributed by atoms with Crippen LogP contribution in [0.15, 0.2) is 59.5 Å². The third-order valence-electron chi connectivity index (χ3n) is 4.54. The Morgan fingerprint density at radius 2 is 1.90 bits per heavy atom. The van der Waals surface area contributed by atoms with E-state index in [9.17, 15) is 18.0 Å². The zero-order valence-electron chi connectivity index (χ0n) is 16.5. The van der Waals surface area contributed by atoms with Crippen molar-refractivity contribution in [3.8, 4) is 5.75 Å². The second-order valence-corrected chi connectivity index (χ2v) is 8.47. The molecule has 0 aliphatic rings. The summed E-state index contributed by atoms with van der Waals surface area (Å²) in [4.78, 5) is 29.6. The fourth-order valence-electron chi connectivity index (χ4n) is 3.29. The van der Waals surface area contributed by atoms with Crippen LogP contribution in [-0.4, -0.2) is 31.1 Å². The summed E-state index contributed by atoms with van der Waals surface area (Å²) in [6.45, 7) is 1.78. The molecule has 0 aliphatic carbocycles. The van der Waals surface area contributed by atoms with Crippen LogP contribution in [0.25, 0.3) is 21.8 Å². The minimum Gasteiger partial charge on any atom is -0.434 e. The average molecular weight is 441 g/mol. The summed E-state index contributed by atoms with van der Waals surface area (Å²) in [7, 11) is -3.68. The third kappa shape index (κ3) is 4.38. The Hall–Kier alpha value is -3.79. The van der Waals surface area contributed by atoms with Gasteiger partial charge in [-0.1, -0.05) is 30.3 Å². The minimum atomic E-state index is -3.68. The summed E-state index contributed by atoms with van der Waals surface area (Å²) >= 11 is 0. The molecule has 0 unspecified atom stereocenters. The summed E-state index contributed by atoms with van der Waals surface area (Å²) in [5, 5.41) is 0.839. The molecule has 0 amide bonds. The molecule has 10 heteroatoms. The van der Waals surface area contributed by atoms with E-state index in [1.807, 2.05) is 6.07 Å². The van der Waals surface area contributed by atoms with E-state index in [1.54, 1.807) is 49.4 Å². The zero-order chi connectivity index (χ0) is 22.0. The lowest BCUT2D eigenvalue weighted by atomic mass is 10.1. The predicted molar refractivity (Wildman–Crippen MR) is 117 cm³/mol. The number of carbonyl (C=O) groups excluding carboxylic acids is 1. The first-order valence-corrected chi connectivity index (χ1v) is 11.1. The van der Waals surface area contributed by atoms with Crippen LogP contribution < -0.4 is 15.0 Å². The van der Waals surface area contributed by atoms with Crippen LogP contribution in [0.4, 0.5) is 10.5 Å². The summed E-state index contributed by atoms with van der Waals surface area (Å²) in [6, 6.07) is 13.5. The van der Waals surface area contributed by atoms with Gasteiger partial charge in [0.25, 0.3) is 5.56 Å². The number of hydrogen-bond donors (Lipinski definition) is 3. The highest BCUT2D eigenvalue weighted by atomic mass is 32.2. The van der Waals surface area contributed by atoms with Crippen molar-refractivity contribution in [3.05, 3.63) is 70.6 Å². The quantitative estimate of drug-likeness (QED) is 0.393. The number of nitrogens with one attached hydrogen (secondary N) is 3. The van der Waals surface area contributed by atoms with Gasteiger partial charge >= 0.3 is 6.16 Å². The standard InChI is InChI=1S/C21H19N3O6S/c1-2-29-21(26)30-17-11-22-19-18(17)15-10-14(8-9-16(15)23-20(19)25)24-31(27,28)12-13-6-4-3-5-7-13/h3-11,22,24H,2,12H2,1H3,(H,23,25). The average Bonchev–Trinajstić information content (AvgIpc) is 3.13. The van der Waals surface area contributed by atoms with E-state index in [4.69, 9.17) is 9.47 Å². The molecule has 0 fully saturated rings. The molecule has 0 radical (unpaired) electrons.